The van der Waals surface area contributed by atoms with E-state index in [4.69, 9.17) is 9.84 Å². The summed E-state index contributed by atoms with van der Waals surface area (Å²) in [4.78, 5) is 21.4. The van der Waals surface area contributed by atoms with Gasteiger partial charge in [-0.3, -0.25) is 10.1 Å². The third-order valence-electron chi connectivity index (χ3n) is 3.00. The van der Waals surface area contributed by atoms with Crippen LogP contribution in [0.1, 0.15) is 23.2 Å². The summed E-state index contributed by atoms with van der Waals surface area (Å²) in [5.41, 5.74) is -0.305. The number of benzene rings is 1. The maximum absolute atomic E-state index is 11.1. The van der Waals surface area contributed by atoms with Gasteiger partial charge in [-0.2, -0.15) is 0 Å². The van der Waals surface area contributed by atoms with Crippen molar-refractivity contribution in [1.82, 2.24) is 0 Å². The predicted molar refractivity (Wildman–Crippen MR) is 67.5 cm³/mol. The summed E-state index contributed by atoms with van der Waals surface area (Å²) in [5.74, 6) is -1.20. The Bertz CT molecular complexity index is 465. The highest BCUT2D eigenvalue weighted by Gasteiger charge is 2.23. The van der Waals surface area contributed by atoms with E-state index in [0.29, 0.717) is 13.2 Å². The Morgan fingerprint density at radius 2 is 2.37 bits per heavy atom. The van der Waals surface area contributed by atoms with E-state index in [2.05, 4.69) is 5.32 Å². The molecule has 1 heterocycles. The largest absolute Gasteiger partial charge is 0.478 e. The summed E-state index contributed by atoms with van der Waals surface area (Å²) < 4.78 is 5.40. The van der Waals surface area contributed by atoms with Crippen LogP contribution in [-0.2, 0) is 4.74 Å². The summed E-state index contributed by atoms with van der Waals surface area (Å²) in [6.45, 7) is 1.04. The van der Waals surface area contributed by atoms with Gasteiger partial charge in [0.15, 0.2) is 0 Å². The minimum atomic E-state index is -1.20. The number of hydrogen-bond acceptors (Lipinski definition) is 5. The van der Waals surface area contributed by atoms with Crippen LogP contribution >= 0.6 is 0 Å². The van der Waals surface area contributed by atoms with Crippen molar-refractivity contribution in [2.24, 2.45) is 0 Å². The average molecular weight is 266 g/mol. The van der Waals surface area contributed by atoms with Crippen molar-refractivity contribution in [1.29, 1.82) is 0 Å². The highest BCUT2D eigenvalue weighted by atomic mass is 16.6. The standard InChI is InChI=1S/C12H14N2O5/c15-12(16)9-4-1-5-10(14(17)18)11(9)13-7-8-3-2-6-19-8/h1,4-5,8,13H,2-3,6-7H2,(H,15,16). The zero-order valence-electron chi connectivity index (χ0n) is 10.2. The number of anilines is 1. The van der Waals surface area contributed by atoms with Crippen LogP contribution in [0.4, 0.5) is 11.4 Å². The molecule has 102 valence electrons. The fourth-order valence-electron chi connectivity index (χ4n) is 2.08. The van der Waals surface area contributed by atoms with Crippen LogP contribution < -0.4 is 5.32 Å². The van der Waals surface area contributed by atoms with E-state index < -0.39 is 10.9 Å². The number of carboxylic acid groups (broad SMARTS) is 1. The molecule has 1 aromatic carbocycles. The first-order valence-electron chi connectivity index (χ1n) is 5.95. The first-order chi connectivity index (χ1) is 9.09. The Balaban J connectivity index is 2.23. The summed E-state index contributed by atoms with van der Waals surface area (Å²) in [6.07, 6.45) is 1.80. The molecule has 19 heavy (non-hydrogen) atoms. The number of hydrogen-bond donors (Lipinski definition) is 2. The number of ether oxygens (including phenoxy) is 1. The number of nitrogens with one attached hydrogen (secondary N) is 1. The van der Waals surface area contributed by atoms with Crippen LogP contribution in [0.5, 0.6) is 0 Å². The molecule has 2 N–H and O–H groups in total. The first kappa shape index (κ1) is 13.3. The molecule has 0 aromatic heterocycles. The maximum Gasteiger partial charge on any atom is 0.338 e. The predicted octanol–water partition coefficient (Wildman–Crippen LogP) is 1.88. The van der Waals surface area contributed by atoms with Crippen LogP contribution in [0.25, 0.3) is 0 Å². The SMILES string of the molecule is O=C(O)c1cccc([N+](=O)[O-])c1NCC1CCCO1. The van der Waals surface area contributed by atoms with E-state index >= 15 is 0 Å². The summed E-state index contributed by atoms with van der Waals surface area (Å²) in [5, 5.41) is 22.8. The highest BCUT2D eigenvalue weighted by Crippen LogP contribution is 2.28. The van der Waals surface area contributed by atoms with Crippen molar-refractivity contribution in [3.63, 3.8) is 0 Å². The van der Waals surface area contributed by atoms with Gasteiger partial charge in [-0.1, -0.05) is 6.07 Å². The van der Waals surface area contributed by atoms with Gasteiger partial charge in [0.1, 0.15) is 5.69 Å². The van der Waals surface area contributed by atoms with Crippen molar-refractivity contribution < 1.29 is 19.6 Å². The van der Waals surface area contributed by atoms with Gasteiger partial charge in [0.2, 0.25) is 0 Å². The molecule has 1 aliphatic heterocycles. The Morgan fingerprint density at radius 3 is 2.95 bits per heavy atom. The molecule has 0 aliphatic carbocycles. The Kier molecular flexibility index (Phi) is 3.96. The van der Waals surface area contributed by atoms with Gasteiger partial charge in [-0.25, -0.2) is 4.79 Å². The molecule has 1 aromatic rings. The molecular weight excluding hydrogens is 252 g/mol. The Hall–Kier alpha value is -2.15. The maximum atomic E-state index is 11.1. The van der Waals surface area contributed by atoms with E-state index in [0.717, 1.165) is 12.8 Å². The minimum absolute atomic E-state index is 0.0264. The Morgan fingerprint density at radius 1 is 1.58 bits per heavy atom. The first-order valence-corrected chi connectivity index (χ1v) is 5.95. The lowest BCUT2D eigenvalue weighted by Gasteiger charge is -2.13. The van der Waals surface area contributed by atoms with Crippen LogP contribution in [0.2, 0.25) is 0 Å². The fraction of sp³-hybridized carbons (Fsp3) is 0.417. The van der Waals surface area contributed by atoms with Crippen molar-refractivity contribution in [2.45, 2.75) is 18.9 Å². The number of carbonyl (C=O) groups is 1. The molecule has 7 heteroatoms. The van der Waals surface area contributed by atoms with Crippen LogP contribution in [0.15, 0.2) is 18.2 Å². The van der Waals surface area contributed by atoms with Crippen LogP contribution in [0.3, 0.4) is 0 Å². The number of nitro groups is 1. The van der Waals surface area contributed by atoms with E-state index in [1.165, 1.54) is 18.2 Å². The van der Waals surface area contributed by atoms with Gasteiger partial charge in [-0.15, -0.1) is 0 Å². The van der Waals surface area contributed by atoms with E-state index in [1.54, 1.807) is 0 Å². The molecular formula is C12H14N2O5. The molecule has 0 amide bonds. The second-order valence-electron chi connectivity index (χ2n) is 4.28. The second kappa shape index (κ2) is 5.66. The van der Waals surface area contributed by atoms with E-state index in [1.807, 2.05) is 0 Å². The van der Waals surface area contributed by atoms with Crippen molar-refractivity contribution in [3.8, 4) is 0 Å². The average Bonchev–Trinajstić information content (AvgIpc) is 2.88. The lowest BCUT2D eigenvalue weighted by molar-refractivity contribution is -0.384. The number of nitrogens with zero attached hydrogens (tertiary/aromatic N) is 1. The quantitative estimate of drug-likeness (QED) is 0.623. The molecule has 1 fully saturated rings. The molecule has 7 nitrogen and oxygen atoms in total. The van der Waals surface area contributed by atoms with Gasteiger partial charge >= 0.3 is 5.97 Å². The number of nitro benzene ring substituents is 1. The van der Waals surface area contributed by atoms with E-state index in [-0.39, 0.29) is 23.0 Å². The van der Waals surface area contributed by atoms with Crippen LogP contribution in [-0.4, -0.2) is 35.3 Å². The van der Waals surface area contributed by atoms with E-state index in [9.17, 15) is 14.9 Å². The number of carboxylic acids is 1. The van der Waals surface area contributed by atoms with Crippen LogP contribution in [0, 0.1) is 10.1 Å². The third-order valence-corrected chi connectivity index (χ3v) is 3.00. The molecule has 0 spiro atoms. The monoisotopic (exact) mass is 266 g/mol. The minimum Gasteiger partial charge on any atom is -0.478 e. The van der Waals surface area contributed by atoms with Gasteiger partial charge in [0, 0.05) is 19.2 Å². The molecule has 0 saturated carbocycles. The highest BCUT2D eigenvalue weighted by molar-refractivity contribution is 5.96. The van der Waals surface area contributed by atoms with Gasteiger partial charge in [0.25, 0.3) is 5.69 Å². The number of aromatic carboxylic acids is 1. The van der Waals surface area contributed by atoms with Crippen molar-refractivity contribution in [3.05, 3.63) is 33.9 Å². The van der Waals surface area contributed by atoms with Gasteiger partial charge < -0.3 is 15.2 Å². The summed E-state index contributed by atoms with van der Waals surface area (Å²) in [7, 11) is 0. The molecule has 0 radical (unpaired) electrons. The topological polar surface area (TPSA) is 102 Å². The zero-order valence-corrected chi connectivity index (χ0v) is 10.2. The lowest BCUT2D eigenvalue weighted by atomic mass is 10.1. The number of rotatable bonds is 5. The number of para-hydroxylation sites is 1. The van der Waals surface area contributed by atoms with Crippen molar-refractivity contribution >= 4 is 17.3 Å². The van der Waals surface area contributed by atoms with Crippen molar-refractivity contribution in [2.75, 3.05) is 18.5 Å². The molecule has 1 aliphatic rings. The van der Waals surface area contributed by atoms with Gasteiger partial charge in [-0.05, 0) is 18.9 Å². The molecule has 1 atom stereocenters. The molecule has 0 bridgehead atoms. The Labute approximate surface area is 109 Å². The second-order valence-corrected chi connectivity index (χ2v) is 4.28. The summed E-state index contributed by atoms with van der Waals surface area (Å²) in [6, 6.07) is 3.98. The summed E-state index contributed by atoms with van der Waals surface area (Å²) >= 11 is 0. The zero-order chi connectivity index (χ0) is 13.8. The lowest BCUT2D eigenvalue weighted by Crippen LogP contribution is -2.20. The third kappa shape index (κ3) is 3.00. The normalized spacial score (nSPS) is 18.2. The molecule has 1 saturated heterocycles. The smallest absolute Gasteiger partial charge is 0.338 e. The molecule has 1 unspecified atom stereocenters. The fourth-order valence-corrected chi connectivity index (χ4v) is 2.08. The molecule has 2 rings (SSSR count). The van der Waals surface area contributed by atoms with Gasteiger partial charge in [0.05, 0.1) is 16.6 Å².